The normalized spacial score (nSPS) is 10.7. The minimum atomic E-state index is -0.181. The Balaban J connectivity index is 1.87. The molecule has 0 saturated carbocycles. The molecular weight excluding hydrogens is 368 g/mol. The van der Waals surface area contributed by atoms with Gasteiger partial charge in [0.15, 0.2) is 11.5 Å². The van der Waals surface area contributed by atoms with Crippen LogP contribution in [0.15, 0.2) is 67.0 Å². The molecule has 0 aliphatic rings. The largest absolute Gasteiger partial charge is 0.497 e. The number of fused-ring (bicyclic) bond motifs is 1. The number of carbonyl (C=O) groups excluding carboxylic acids is 1. The van der Waals surface area contributed by atoms with Crippen LogP contribution in [-0.2, 0) is 0 Å². The van der Waals surface area contributed by atoms with E-state index in [1.165, 1.54) is 0 Å². The Morgan fingerprint density at radius 1 is 0.897 bits per heavy atom. The molecule has 0 N–H and O–H groups in total. The average Bonchev–Trinajstić information content (AvgIpc) is 3.17. The van der Waals surface area contributed by atoms with E-state index < -0.39 is 0 Å². The molecule has 0 aliphatic carbocycles. The smallest absolute Gasteiger partial charge is 0.263 e. The highest BCUT2D eigenvalue weighted by molar-refractivity contribution is 6.05. The van der Waals surface area contributed by atoms with E-state index in [9.17, 15) is 4.79 Å². The molecule has 146 valence electrons. The summed E-state index contributed by atoms with van der Waals surface area (Å²) < 4.78 is 17.6. The highest BCUT2D eigenvalue weighted by Gasteiger charge is 2.18. The first-order chi connectivity index (χ1) is 14.2. The number of carbonyl (C=O) groups is 1. The fraction of sp³-hybridized carbons (Fsp3) is 0.130. The Morgan fingerprint density at radius 2 is 1.72 bits per heavy atom. The zero-order valence-electron chi connectivity index (χ0n) is 16.4. The summed E-state index contributed by atoms with van der Waals surface area (Å²) in [4.78, 5) is 17.7. The minimum absolute atomic E-state index is 0.181. The molecule has 4 aromatic rings. The lowest BCUT2D eigenvalue weighted by Crippen LogP contribution is -2.11. The van der Waals surface area contributed by atoms with Crippen molar-refractivity contribution in [3.05, 3.63) is 72.6 Å². The molecule has 0 saturated heterocycles. The first-order valence-electron chi connectivity index (χ1n) is 9.03. The number of rotatable bonds is 5. The number of benzene rings is 2. The number of hydrogen-bond donors (Lipinski definition) is 0. The highest BCUT2D eigenvalue weighted by Crippen LogP contribution is 2.36. The molecule has 29 heavy (non-hydrogen) atoms. The fourth-order valence-corrected chi connectivity index (χ4v) is 3.34. The molecule has 0 aliphatic heterocycles. The maximum atomic E-state index is 13.2. The second kappa shape index (κ2) is 7.67. The van der Waals surface area contributed by atoms with Gasteiger partial charge in [-0.2, -0.15) is 0 Å². The lowest BCUT2D eigenvalue weighted by molar-refractivity contribution is 0.0964. The summed E-state index contributed by atoms with van der Waals surface area (Å²) in [6, 6.07) is 16.5. The van der Waals surface area contributed by atoms with E-state index in [1.807, 2.05) is 30.3 Å². The van der Waals surface area contributed by atoms with E-state index >= 15 is 0 Å². The molecule has 0 unspecified atom stereocenters. The quantitative estimate of drug-likeness (QED) is 0.507. The van der Waals surface area contributed by atoms with Gasteiger partial charge in [0.2, 0.25) is 0 Å². The molecular formula is C23H20N2O4. The topological polar surface area (TPSA) is 62.6 Å². The van der Waals surface area contributed by atoms with Gasteiger partial charge in [0.1, 0.15) is 11.4 Å². The van der Waals surface area contributed by atoms with Crippen LogP contribution >= 0.6 is 0 Å². The Hall–Kier alpha value is -3.80. The molecule has 6 nitrogen and oxygen atoms in total. The number of ether oxygens (including phenoxy) is 3. The van der Waals surface area contributed by atoms with Crippen LogP contribution in [0, 0.1) is 0 Å². The maximum absolute atomic E-state index is 13.2. The van der Waals surface area contributed by atoms with Crippen molar-refractivity contribution in [2.24, 2.45) is 0 Å². The Labute approximate surface area is 168 Å². The van der Waals surface area contributed by atoms with Gasteiger partial charge < -0.3 is 14.2 Å². The van der Waals surface area contributed by atoms with E-state index in [4.69, 9.17) is 14.2 Å². The van der Waals surface area contributed by atoms with Crippen molar-refractivity contribution in [3.63, 3.8) is 0 Å². The molecule has 2 heterocycles. The van der Waals surface area contributed by atoms with E-state index in [2.05, 4.69) is 4.98 Å². The summed E-state index contributed by atoms with van der Waals surface area (Å²) in [6.45, 7) is 0. The Kier molecular flexibility index (Phi) is 4.91. The van der Waals surface area contributed by atoms with Crippen LogP contribution in [0.25, 0.3) is 22.2 Å². The van der Waals surface area contributed by atoms with Crippen molar-refractivity contribution < 1.29 is 19.0 Å². The van der Waals surface area contributed by atoms with Gasteiger partial charge in [0, 0.05) is 28.9 Å². The lowest BCUT2D eigenvalue weighted by Gasteiger charge is -2.09. The molecule has 2 aromatic carbocycles. The minimum Gasteiger partial charge on any atom is -0.497 e. The number of pyridine rings is 1. The van der Waals surface area contributed by atoms with Crippen LogP contribution in [0.2, 0.25) is 0 Å². The number of aromatic nitrogens is 2. The molecule has 0 atom stereocenters. The van der Waals surface area contributed by atoms with E-state index in [-0.39, 0.29) is 5.91 Å². The predicted octanol–water partition coefficient (Wildman–Crippen LogP) is 4.42. The second-order valence-electron chi connectivity index (χ2n) is 6.39. The van der Waals surface area contributed by atoms with E-state index in [1.54, 1.807) is 62.6 Å². The predicted molar refractivity (Wildman–Crippen MR) is 111 cm³/mol. The van der Waals surface area contributed by atoms with Gasteiger partial charge in [0.05, 0.1) is 21.3 Å². The summed E-state index contributed by atoms with van der Waals surface area (Å²) >= 11 is 0. The molecule has 4 rings (SSSR count). The van der Waals surface area contributed by atoms with Gasteiger partial charge in [-0.05, 0) is 48.0 Å². The molecule has 0 spiro atoms. The average molecular weight is 388 g/mol. The zero-order valence-corrected chi connectivity index (χ0v) is 16.4. The first-order valence-corrected chi connectivity index (χ1v) is 9.03. The standard InChI is InChI=1S/C23H20N2O4/c1-27-17-7-4-6-16(12-17)23(26)25-14-19(18-8-5-11-24-22(18)25)15-9-10-20(28-2)21(13-15)29-3/h4-14H,1-3H3. The van der Waals surface area contributed by atoms with Crippen LogP contribution in [0.3, 0.4) is 0 Å². The molecule has 2 aromatic heterocycles. The van der Waals surface area contributed by atoms with E-state index in [0.29, 0.717) is 28.5 Å². The summed E-state index contributed by atoms with van der Waals surface area (Å²) in [5.74, 6) is 1.71. The van der Waals surface area contributed by atoms with Gasteiger partial charge >= 0.3 is 0 Å². The molecule has 0 fully saturated rings. The van der Waals surface area contributed by atoms with Crippen LogP contribution in [0.4, 0.5) is 0 Å². The summed E-state index contributed by atoms with van der Waals surface area (Å²) in [5.41, 5.74) is 2.89. The van der Waals surface area contributed by atoms with Crippen LogP contribution in [0.5, 0.6) is 17.2 Å². The van der Waals surface area contributed by atoms with Crippen molar-refractivity contribution in [2.45, 2.75) is 0 Å². The Morgan fingerprint density at radius 3 is 2.48 bits per heavy atom. The van der Waals surface area contributed by atoms with Gasteiger partial charge in [-0.1, -0.05) is 12.1 Å². The lowest BCUT2D eigenvalue weighted by atomic mass is 10.1. The maximum Gasteiger partial charge on any atom is 0.263 e. The second-order valence-corrected chi connectivity index (χ2v) is 6.39. The summed E-state index contributed by atoms with van der Waals surface area (Å²) in [6.07, 6.45) is 3.48. The number of hydrogen-bond acceptors (Lipinski definition) is 5. The van der Waals surface area contributed by atoms with Crippen molar-refractivity contribution in [2.75, 3.05) is 21.3 Å². The van der Waals surface area contributed by atoms with Gasteiger partial charge in [-0.15, -0.1) is 0 Å². The zero-order chi connectivity index (χ0) is 20.4. The summed E-state index contributed by atoms with van der Waals surface area (Å²) in [5, 5.41) is 0.871. The van der Waals surface area contributed by atoms with Crippen molar-refractivity contribution in [1.29, 1.82) is 0 Å². The number of methoxy groups -OCH3 is 3. The van der Waals surface area contributed by atoms with Crippen molar-refractivity contribution in [1.82, 2.24) is 9.55 Å². The van der Waals surface area contributed by atoms with E-state index in [0.717, 1.165) is 16.5 Å². The molecule has 0 radical (unpaired) electrons. The van der Waals surface area contributed by atoms with Gasteiger partial charge in [-0.3, -0.25) is 9.36 Å². The van der Waals surface area contributed by atoms with Crippen LogP contribution in [0.1, 0.15) is 10.4 Å². The third-order valence-corrected chi connectivity index (χ3v) is 4.79. The van der Waals surface area contributed by atoms with Crippen molar-refractivity contribution >= 4 is 16.9 Å². The molecule has 0 bridgehead atoms. The third kappa shape index (κ3) is 3.29. The fourth-order valence-electron chi connectivity index (χ4n) is 3.34. The summed E-state index contributed by atoms with van der Waals surface area (Å²) in [7, 11) is 4.77. The number of nitrogens with zero attached hydrogens (tertiary/aromatic N) is 2. The molecule has 0 amide bonds. The van der Waals surface area contributed by atoms with Gasteiger partial charge in [-0.25, -0.2) is 4.98 Å². The third-order valence-electron chi connectivity index (χ3n) is 4.79. The first kappa shape index (κ1) is 18.6. The Bertz CT molecular complexity index is 1200. The highest BCUT2D eigenvalue weighted by atomic mass is 16.5. The monoisotopic (exact) mass is 388 g/mol. The van der Waals surface area contributed by atoms with Crippen LogP contribution in [-0.4, -0.2) is 36.8 Å². The molecule has 6 heteroatoms. The van der Waals surface area contributed by atoms with Crippen LogP contribution < -0.4 is 14.2 Å². The van der Waals surface area contributed by atoms with Crippen molar-refractivity contribution in [3.8, 4) is 28.4 Å². The SMILES string of the molecule is COc1cccc(C(=O)n2cc(-c3ccc(OC)c(OC)c3)c3cccnc32)c1. The van der Waals surface area contributed by atoms with Gasteiger partial charge in [0.25, 0.3) is 5.91 Å².